The zero-order chi connectivity index (χ0) is 15.2. The molecule has 0 bridgehead atoms. The van der Waals surface area contributed by atoms with Crippen LogP contribution in [0.4, 0.5) is 18.9 Å². The van der Waals surface area contributed by atoms with Gasteiger partial charge in [-0.05, 0) is 31.2 Å². The lowest BCUT2D eigenvalue weighted by molar-refractivity contribution is -0.138. The summed E-state index contributed by atoms with van der Waals surface area (Å²) in [7, 11) is 0. The first-order valence-corrected chi connectivity index (χ1v) is 5.59. The second kappa shape index (κ2) is 6.61. The molecule has 0 aliphatic carbocycles. The Morgan fingerprint density at radius 2 is 2.00 bits per heavy atom. The fourth-order valence-electron chi connectivity index (χ4n) is 1.27. The largest absolute Gasteiger partial charge is 0.463 e. The number of esters is 1. The Bertz CT molecular complexity index is 542. The molecule has 0 amide bonds. The molecule has 0 aliphatic heterocycles. The maximum atomic E-state index is 12.8. The molecule has 106 valence electrons. The van der Waals surface area contributed by atoms with Gasteiger partial charge >= 0.3 is 12.1 Å². The number of hydrogen-bond donors (Lipinski definition) is 1. The lowest BCUT2D eigenvalue weighted by Gasteiger charge is -2.14. The molecule has 4 nitrogen and oxygen atoms in total. The van der Waals surface area contributed by atoms with Gasteiger partial charge in [0.05, 0.1) is 24.3 Å². The smallest absolute Gasteiger partial charge is 0.431 e. The average Bonchev–Trinajstić information content (AvgIpc) is 2.38. The predicted molar refractivity (Wildman–Crippen MR) is 65.6 cm³/mol. The molecular formula is C13H11F3N2O2. The minimum Gasteiger partial charge on any atom is -0.463 e. The number of alkyl halides is 3. The molecule has 1 aromatic carbocycles. The van der Waals surface area contributed by atoms with Crippen LogP contribution in [0.2, 0.25) is 0 Å². The Balaban J connectivity index is 2.95. The van der Waals surface area contributed by atoms with E-state index < -0.39 is 17.8 Å². The number of hydrogen-bond acceptors (Lipinski definition) is 4. The number of allylic oxidation sites excluding steroid dienone is 1. The van der Waals surface area contributed by atoms with Crippen molar-refractivity contribution in [1.29, 1.82) is 5.26 Å². The van der Waals surface area contributed by atoms with E-state index in [0.29, 0.717) is 11.6 Å². The molecule has 1 rings (SSSR count). The third-order valence-electron chi connectivity index (χ3n) is 2.15. The highest BCUT2D eigenvalue weighted by atomic mass is 19.4. The monoisotopic (exact) mass is 284 g/mol. The first-order valence-electron chi connectivity index (χ1n) is 5.59. The lowest BCUT2D eigenvalue weighted by Crippen LogP contribution is -2.21. The number of rotatable bonds is 4. The number of halogens is 3. The molecule has 20 heavy (non-hydrogen) atoms. The van der Waals surface area contributed by atoms with E-state index in [1.54, 1.807) is 0 Å². The fourth-order valence-corrected chi connectivity index (χ4v) is 1.27. The topological polar surface area (TPSA) is 62.1 Å². The lowest BCUT2D eigenvalue weighted by atomic mass is 10.2. The molecule has 0 saturated heterocycles. The van der Waals surface area contributed by atoms with Gasteiger partial charge in [-0.15, -0.1) is 0 Å². The highest BCUT2D eigenvalue weighted by molar-refractivity contribution is 5.83. The summed E-state index contributed by atoms with van der Waals surface area (Å²) in [4.78, 5) is 11.1. The molecule has 0 aromatic heterocycles. The first kappa shape index (κ1) is 15.6. The number of carbonyl (C=O) groups excluding carboxylic acids is 1. The van der Waals surface area contributed by atoms with Gasteiger partial charge in [0, 0.05) is 5.69 Å². The van der Waals surface area contributed by atoms with Gasteiger partial charge in [-0.25, -0.2) is 4.79 Å². The van der Waals surface area contributed by atoms with Gasteiger partial charge in [0.25, 0.3) is 0 Å². The quantitative estimate of drug-likeness (QED) is 0.682. The number of nitrogens with one attached hydrogen (secondary N) is 1. The van der Waals surface area contributed by atoms with Crippen molar-refractivity contribution < 1.29 is 22.7 Å². The zero-order valence-corrected chi connectivity index (χ0v) is 10.5. The Kier molecular flexibility index (Phi) is 5.15. The van der Waals surface area contributed by atoms with Crippen LogP contribution in [0.25, 0.3) is 0 Å². The van der Waals surface area contributed by atoms with Crippen LogP contribution in [0.5, 0.6) is 0 Å². The minimum atomic E-state index is -4.72. The summed E-state index contributed by atoms with van der Waals surface area (Å²) in [5, 5.41) is 10.7. The van der Waals surface area contributed by atoms with Gasteiger partial charge in [-0.3, -0.25) is 0 Å². The number of nitriles is 1. The maximum absolute atomic E-state index is 12.8. The summed E-state index contributed by atoms with van der Waals surface area (Å²) >= 11 is 0. The summed E-state index contributed by atoms with van der Waals surface area (Å²) in [6.07, 6.45) is -4.37. The number of ether oxygens (including phenoxy) is 1. The van der Waals surface area contributed by atoms with Crippen molar-refractivity contribution in [3.05, 3.63) is 41.6 Å². The molecular weight excluding hydrogens is 273 g/mol. The Hall–Kier alpha value is -2.49. The molecule has 0 atom stereocenters. The summed E-state index contributed by atoms with van der Waals surface area (Å²) in [5.74, 6) is -1.08. The van der Waals surface area contributed by atoms with Crippen molar-refractivity contribution >= 4 is 11.7 Å². The highest BCUT2D eigenvalue weighted by Crippen LogP contribution is 2.27. The molecule has 0 saturated carbocycles. The Morgan fingerprint density at radius 3 is 2.45 bits per heavy atom. The highest BCUT2D eigenvalue weighted by Gasteiger charge is 2.35. The molecule has 0 aliphatic rings. The molecule has 7 heteroatoms. The van der Waals surface area contributed by atoms with Crippen LogP contribution in [0.15, 0.2) is 36.0 Å². The van der Waals surface area contributed by atoms with Crippen molar-refractivity contribution in [2.75, 3.05) is 11.9 Å². The molecule has 0 spiro atoms. The van der Waals surface area contributed by atoms with Crippen LogP contribution in [0.1, 0.15) is 12.5 Å². The second-order valence-electron chi connectivity index (χ2n) is 3.62. The standard InChI is InChI=1S/C13H11F3N2O2/c1-2-20-12(19)7-11(13(14,15)16)18-10-5-3-9(8-17)4-6-10/h3-7,18H,2H2,1H3/b11-7+. The summed E-state index contributed by atoms with van der Waals surface area (Å²) < 4.78 is 42.7. The number of carbonyl (C=O) groups is 1. The SMILES string of the molecule is CCOC(=O)/C=C(/Nc1ccc(C#N)cc1)C(F)(F)F. The van der Waals surface area contributed by atoms with Crippen molar-refractivity contribution in [2.45, 2.75) is 13.1 Å². The summed E-state index contributed by atoms with van der Waals surface area (Å²) in [6.45, 7) is 1.48. The molecule has 0 heterocycles. The molecule has 1 aromatic rings. The van der Waals surface area contributed by atoms with Crippen LogP contribution in [-0.4, -0.2) is 18.8 Å². The molecule has 1 N–H and O–H groups in total. The van der Waals surface area contributed by atoms with Gasteiger partial charge < -0.3 is 10.1 Å². The normalized spacial score (nSPS) is 11.7. The first-order chi connectivity index (χ1) is 9.36. The third-order valence-corrected chi connectivity index (χ3v) is 2.15. The van der Waals surface area contributed by atoms with Crippen LogP contribution in [0.3, 0.4) is 0 Å². The molecule has 0 fully saturated rings. The Morgan fingerprint density at radius 1 is 1.40 bits per heavy atom. The molecule has 0 unspecified atom stereocenters. The van der Waals surface area contributed by atoms with Crippen molar-refractivity contribution in [3.8, 4) is 6.07 Å². The summed E-state index contributed by atoms with van der Waals surface area (Å²) in [6, 6.07) is 7.19. The fraction of sp³-hybridized carbons (Fsp3) is 0.231. The molecule has 0 radical (unpaired) electrons. The van der Waals surface area contributed by atoms with Crippen LogP contribution in [0, 0.1) is 11.3 Å². The van der Waals surface area contributed by atoms with Gasteiger partial charge in [-0.1, -0.05) is 0 Å². The van der Waals surface area contributed by atoms with Crippen LogP contribution in [-0.2, 0) is 9.53 Å². The number of benzene rings is 1. The van der Waals surface area contributed by atoms with E-state index in [-0.39, 0.29) is 12.3 Å². The zero-order valence-electron chi connectivity index (χ0n) is 10.5. The van der Waals surface area contributed by atoms with E-state index in [1.807, 2.05) is 6.07 Å². The van der Waals surface area contributed by atoms with E-state index in [0.717, 1.165) is 0 Å². The summed E-state index contributed by atoms with van der Waals surface area (Å²) in [5.41, 5.74) is -0.809. The van der Waals surface area contributed by atoms with Crippen molar-refractivity contribution in [3.63, 3.8) is 0 Å². The average molecular weight is 284 g/mol. The van der Waals surface area contributed by atoms with Gasteiger partial charge in [-0.2, -0.15) is 18.4 Å². The van der Waals surface area contributed by atoms with Crippen molar-refractivity contribution in [1.82, 2.24) is 0 Å². The minimum absolute atomic E-state index is 0.0165. The number of anilines is 1. The van der Waals surface area contributed by atoms with Crippen LogP contribution >= 0.6 is 0 Å². The van der Waals surface area contributed by atoms with Crippen molar-refractivity contribution in [2.24, 2.45) is 0 Å². The van der Waals surface area contributed by atoms with E-state index in [9.17, 15) is 18.0 Å². The maximum Gasteiger partial charge on any atom is 0.431 e. The van der Waals surface area contributed by atoms with Gasteiger partial charge in [0.15, 0.2) is 0 Å². The Labute approximate surface area is 113 Å². The van der Waals surface area contributed by atoms with E-state index in [4.69, 9.17) is 5.26 Å². The second-order valence-corrected chi connectivity index (χ2v) is 3.62. The van der Waals surface area contributed by atoms with Crippen LogP contribution < -0.4 is 5.32 Å². The van der Waals surface area contributed by atoms with E-state index in [2.05, 4.69) is 10.1 Å². The predicted octanol–water partition coefficient (Wildman–Crippen LogP) is 2.98. The van der Waals surface area contributed by atoms with Gasteiger partial charge in [0.1, 0.15) is 5.70 Å². The van der Waals surface area contributed by atoms with Gasteiger partial charge in [0.2, 0.25) is 0 Å². The van der Waals surface area contributed by atoms with E-state index in [1.165, 1.54) is 31.2 Å². The third kappa shape index (κ3) is 4.65. The van der Waals surface area contributed by atoms with E-state index >= 15 is 0 Å². The number of nitrogens with zero attached hydrogens (tertiary/aromatic N) is 1.